The lowest BCUT2D eigenvalue weighted by molar-refractivity contribution is 1.34. The third-order valence-corrected chi connectivity index (χ3v) is 4.33. The molecule has 0 fully saturated rings. The highest BCUT2D eigenvalue weighted by molar-refractivity contribution is 7.27. The predicted octanol–water partition coefficient (Wildman–Crippen LogP) is 5.14. The quantitative estimate of drug-likeness (QED) is 0.573. The van der Waals surface area contributed by atoms with Crippen LogP contribution in [0.5, 0.6) is 0 Å². The molecule has 3 aromatic carbocycles. The van der Waals surface area contributed by atoms with Gasteiger partial charge in [-0.2, -0.15) is 0 Å². The molecule has 0 aliphatic heterocycles. The fourth-order valence-electron chi connectivity index (χ4n) is 2.47. The fraction of sp³-hybridized carbons (Fsp3) is 0.100. The minimum Gasteiger partial charge on any atom is -0.106 e. The maximum atomic E-state index is 2.73. The third kappa shape index (κ3) is 3.06. The van der Waals surface area contributed by atoms with Crippen molar-refractivity contribution in [2.75, 3.05) is 0 Å². The maximum Gasteiger partial charge on any atom is -0.0178 e. The second kappa shape index (κ2) is 5.84. The van der Waals surface area contributed by atoms with E-state index in [0.29, 0.717) is 0 Å². The number of hydrogen-bond acceptors (Lipinski definition) is 0. The topological polar surface area (TPSA) is 0 Å². The van der Waals surface area contributed by atoms with E-state index in [0.717, 1.165) is 0 Å². The standard InChI is InChI=1S/C20H19P/c1-14-6-7-19(12-15(14)2)18-5-3-4-17(13-18)16-8-10-20(21)11-9-16/h3-13H,21H2,1-2H3. The van der Waals surface area contributed by atoms with Gasteiger partial charge < -0.3 is 0 Å². The van der Waals surface area contributed by atoms with Gasteiger partial charge in [-0.1, -0.05) is 60.7 Å². The van der Waals surface area contributed by atoms with Crippen LogP contribution in [0, 0.1) is 13.8 Å². The van der Waals surface area contributed by atoms with Crippen LogP contribution in [0.4, 0.5) is 0 Å². The van der Waals surface area contributed by atoms with Gasteiger partial charge in [0.2, 0.25) is 0 Å². The van der Waals surface area contributed by atoms with Gasteiger partial charge in [0.25, 0.3) is 0 Å². The molecule has 3 rings (SSSR count). The monoisotopic (exact) mass is 290 g/mol. The first kappa shape index (κ1) is 14.0. The molecule has 0 radical (unpaired) electrons. The van der Waals surface area contributed by atoms with Crippen molar-refractivity contribution < 1.29 is 0 Å². The second-order valence-electron chi connectivity index (χ2n) is 5.50. The highest BCUT2D eigenvalue weighted by Gasteiger charge is 2.03. The zero-order valence-corrected chi connectivity index (χ0v) is 13.6. The third-order valence-electron chi connectivity index (χ3n) is 3.95. The van der Waals surface area contributed by atoms with Crippen LogP contribution in [0.3, 0.4) is 0 Å². The molecule has 104 valence electrons. The summed E-state index contributed by atoms with van der Waals surface area (Å²) in [6.07, 6.45) is 0. The summed E-state index contributed by atoms with van der Waals surface area (Å²) in [5.41, 5.74) is 7.74. The van der Waals surface area contributed by atoms with Gasteiger partial charge in [0, 0.05) is 0 Å². The molecule has 21 heavy (non-hydrogen) atoms. The van der Waals surface area contributed by atoms with E-state index in [1.807, 2.05) is 0 Å². The average Bonchev–Trinajstić information content (AvgIpc) is 2.51. The van der Waals surface area contributed by atoms with Gasteiger partial charge >= 0.3 is 0 Å². The van der Waals surface area contributed by atoms with Crippen LogP contribution in [0.1, 0.15) is 11.1 Å². The Morgan fingerprint density at radius 3 is 1.81 bits per heavy atom. The van der Waals surface area contributed by atoms with Crippen molar-refractivity contribution in [3.8, 4) is 22.3 Å². The van der Waals surface area contributed by atoms with Crippen molar-refractivity contribution in [2.24, 2.45) is 0 Å². The fourth-order valence-corrected chi connectivity index (χ4v) is 2.67. The van der Waals surface area contributed by atoms with Crippen molar-refractivity contribution in [2.45, 2.75) is 13.8 Å². The van der Waals surface area contributed by atoms with E-state index in [4.69, 9.17) is 0 Å². The number of rotatable bonds is 2. The van der Waals surface area contributed by atoms with Crippen molar-refractivity contribution in [1.82, 2.24) is 0 Å². The highest BCUT2D eigenvalue weighted by Crippen LogP contribution is 2.27. The molecule has 0 spiro atoms. The molecule has 0 aliphatic rings. The van der Waals surface area contributed by atoms with Gasteiger partial charge in [0.15, 0.2) is 0 Å². The summed E-state index contributed by atoms with van der Waals surface area (Å²) in [6.45, 7) is 4.32. The molecule has 0 N–H and O–H groups in total. The van der Waals surface area contributed by atoms with Gasteiger partial charge in [-0.25, -0.2) is 0 Å². The molecule has 1 unspecified atom stereocenters. The van der Waals surface area contributed by atoms with E-state index in [1.165, 1.54) is 38.7 Å². The smallest absolute Gasteiger partial charge is 0.0178 e. The zero-order valence-electron chi connectivity index (χ0n) is 12.4. The van der Waals surface area contributed by atoms with E-state index in [9.17, 15) is 0 Å². The Bertz CT molecular complexity index is 770. The van der Waals surface area contributed by atoms with Crippen LogP contribution in [-0.2, 0) is 0 Å². The largest absolute Gasteiger partial charge is 0.106 e. The average molecular weight is 290 g/mol. The first-order valence-electron chi connectivity index (χ1n) is 7.17. The van der Waals surface area contributed by atoms with Gasteiger partial charge in [0.05, 0.1) is 0 Å². The Balaban J connectivity index is 2.03. The second-order valence-corrected chi connectivity index (χ2v) is 6.17. The van der Waals surface area contributed by atoms with E-state index < -0.39 is 0 Å². The Morgan fingerprint density at radius 2 is 1.14 bits per heavy atom. The molecule has 0 saturated heterocycles. The van der Waals surface area contributed by atoms with Gasteiger partial charge in [-0.15, -0.1) is 9.24 Å². The predicted molar refractivity (Wildman–Crippen MR) is 96.1 cm³/mol. The van der Waals surface area contributed by atoms with Gasteiger partial charge in [-0.3, -0.25) is 0 Å². The molecule has 0 heterocycles. The van der Waals surface area contributed by atoms with Crippen molar-refractivity contribution in [3.63, 3.8) is 0 Å². The molecule has 0 saturated carbocycles. The number of aryl methyl sites for hydroxylation is 2. The summed E-state index contributed by atoms with van der Waals surface area (Å²) in [4.78, 5) is 0. The molecule has 0 nitrogen and oxygen atoms in total. The molecule has 3 aromatic rings. The Labute approximate surface area is 129 Å². The summed E-state index contributed by atoms with van der Waals surface area (Å²) in [7, 11) is 2.73. The summed E-state index contributed by atoms with van der Waals surface area (Å²) in [5.74, 6) is 0. The van der Waals surface area contributed by atoms with Gasteiger partial charge in [0.1, 0.15) is 0 Å². The molecular weight excluding hydrogens is 271 g/mol. The Morgan fingerprint density at radius 1 is 0.571 bits per heavy atom. The highest BCUT2D eigenvalue weighted by atomic mass is 31.0. The SMILES string of the molecule is Cc1ccc(-c2cccc(-c3ccc(P)cc3)c2)cc1C. The Kier molecular flexibility index (Phi) is 3.90. The summed E-state index contributed by atoms with van der Waals surface area (Å²) < 4.78 is 0. The van der Waals surface area contributed by atoms with Crippen LogP contribution in [-0.4, -0.2) is 0 Å². The van der Waals surface area contributed by atoms with Crippen LogP contribution in [0.15, 0.2) is 66.7 Å². The summed E-state index contributed by atoms with van der Waals surface area (Å²) in [6, 6.07) is 24.0. The van der Waals surface area contributed by atoms with Gasteiger partial charge in [-0.05, 0) is 58.6 Å². The van der Waals surface area contributed by atoms with Crippen LogP contribution in [0.2, 0.25) is 0 Å². The first-order valence-corrected chi connectivity index (χ1v) is 7.75. The van der Waals surface area contributed by atoms with Crippen LogP contribution < -0.4 is 5.30 Å². The Hall–Kier alpha value is -1.91. The van der Waals surface area contributed by atoms with Crippen molar-refractivity contribution in [1.29, 1.82) is 0 Å². The normalized spacial score (nSPS) is 10.6. The number of hydrogen-bond donors (Lipinski definition) is 0. The first-order chi connectivity index (χ1) is 10.1. The lowest BCUT2D eigenvalue weighted by Crippen LogP contribution is -1.88. The molecule has 1 heteroatoms. The molecule has 0 bridgehead atoms. The molecule has 0 aliphatic carbocycles. The molecular formula is C20H19P. The summed E-state index contributed by atoms with van der Waals surface area (Å²) in [5, 5.41) is 1.21. The maximum absolute atomic E-state index is 2.73. The molecule has 0 aromatic heterocycles. The van der Waals surface area contributed by atoms with E-state index >= 15 is 0 Å². The number of benzene rings is 3. The van der Waals surface area contributed by atoms with E-state index in [1.54, 1.807) is 0 Å². The van der Waals surface area contributed by atoms with Crippen molar-refractivity contribution in [3.05, 3.63) is 77.9 Å². The minimum atomic E-state index is 1.21. The lowest BCUT2D eigenvalue weighted by Gasteiger charge is -2.08. The van der Waals surface area contributed by atoms with E-state index in [2.05, 4.69) is 89.8 Å². The summed E-state index contributed by atoms with van der Waals surface area (Å²) >= 11 is 0. The zero-order chi connectivity index (χ0) is 14.8. The van der Waals surface area contributed by atoms with E-state index in [-0.39, 0.29) is 0 Å². The van der Waals surface area contributed by atoms with Crippen molar-refractivity contribution >= 4 is 14.5 Å². The van der Waals surface area contributed by atoms with Crippen LogP contribution >= 0.6 is 9.24 Å². The molecule has 0 amide bonds. The molecule has 1 atom stereocenters. The lowest BCUT2D eigenvalue weighted by atomic mass is 9.97. The van der Waals surface area contributed by atoms with Crippen LogP contribution in [0.25, 0.3) is 22.3 Å². The minimum absolute atomic E-state index is 1.21.